The number of nitrogens with one attached hydrogen (secondary N) is 1. The van der Waals surface area contributed by atoms with Crippen LogP contribution in [-0.4, -0.2) is 23.6 Å². The Morgan fingerprint density at radius 2 is 2.11 bits per heavy atom. The molecule has 1 aromatic heterocycles. The Morgan fingerprint density at radius 1 is 1.39 bits per heavy atom. The molecule has 0 atom stereocenters. The van der Waals surface area contributed by atoms with Crippen molar-refractivity contribution < 1.29 is 4.79 Å². The van der Waals surface area contributed by atoms with Crippen molar-refractivity contribution in [2.45, 2.75) is 13.3 Å². The molecule has 96 valence electrons. The van der Waals surface area contributed by atoms with Crippen molar-refractivity contribution >= 4 is 16.8 Å². The number of aromatic nitrogens is 1. The molecule has 1 aromatic carbocycles. The van der Waals surface area contributed by atoms with Gasteiger partial charge < -0.3 is 15.6 Å². The lowest BCUT2D eigenvalue weighted by Gasteiger charge is -2.04. The zero-order valence-electron chi connectivity index (χ0n) is 10.9. The lowest BCUT2D eigenvalue weighted by molar-refractivity contribution is -0.120. The summed E-state index contributed by atoms with van der Waals surface area (Å²) in [5, 5.41) is 3.96. The molecule has 2 aromatic rings. The molecule has 18 heavy (non-hydrogen) atoms. The minimum Gasteiger partial charge on any atom is -0.355 e. The second-order valence-electron chi connectivity index (χ2n) is 4.46. The van der Waals surface area contributed by atoms with E-state index in [0.29, 0.717) is 19.5 Å². The first kappa shape index (κ1) is 12.6. The van der Waals surface area contributed by atoms with Crippen molar-refractivity contribution in [1.29, 1.82) is 0 Å². The standard InChI is InChI=1S/C14H19N3O/c1-10-12(9-14(18)16-8-7-15)11-5-3-4-6-13(11)17(10)2/h3-6H,7-9,15H2,1-2H3,(H,16,18). The average Bonchev–Trinajstić information content (AvgIpc) is 2.62. The molecular formula is C14H19N3O. The van der Waals surface area contributed by atoms with E-state index in [9.17, 15) is 4.79 Å². The highest BCUT2D eigenvalue weighted by molar-refractivity contribution is 5.90. The zero-order valence-corrected chi connectivity index (χ0v) is 10.9. The van der Waals surface area contributed by atoms with Crippen LogP contribution >= 0.6 is 0 Å². The summed E-state index contributed by atoms with van der Waals surface area (Å²) >= 11 is 0. The summed E-state index contributed by atoms with van der Waals surface area (Å²) in [6.45, 7) is 3.05. The van der Waals surface area contributed by atoms with Gasteiger partial charge in [0, 0.05) is 36.7 Å². The summed E-state index contributed by atoms with van der Waals surface area (Å²) < 4.78 is 2.13. The van der Waals surface area contributed by atoms with Gasteiger partial charge in [0.05, 0.1) is 6.42 Å². The monoisotopic (exact) mass is 245 g/mol. The molecule has 0 spiro atoms. The van der Waals surface area contributed by atoms with Crippen LogP contribution in [0.4, 0.5) is 0 Å². The van der Waals surface area contributed by atoms with Crippen molar-refractivity contribution in [3.8, 4) is 0 Å². The fourth-order valence-corrected chi connectivity index (χ4v) is 2.26. The van der Waals surface area contributed by atoms with Gasteiger partial charge in [-0.15, -0.1) is 0 Å². The van der Waals surface area contributed by atoms with Crippen LogP contribution in [0, 0.1) is 6.92 Å². The summed E-state index contributed by atoms with van der Waals surface area (Å²) in [7, 11) is 2.03. The Kier molecular flexibility index (Phi) is 3.67. The third-order valence-corrected chi connectivity index (χ3v) is 3.33. The Bertz CT molecular complexity index is 572. The number of benzene rings is 1. The van der Waals surface area contributed by atoms with Gasteiger partial charge in [0.2, 0.25) is 5.91 Å². The van der Waals surface area contributed by atoms with Crippen molar-refractivity contribution in [2.75, 3.05) is 13.1 Å². The number of carbonyl (C=O) groups is 1. The maximum atomic E-state index is 11.8. The third-order valence-electron chi connectivity index (χ3n) is 3.33. The number of fused-ring (bicyclic) bond motifs is 1. The van der Waals surface area contributed by atoms with E-state index in [-0.39, 0.29) is 5.91 Å². The maximum Gasteiger partial charge on any atom is 0.224 e. The number of hydrogen-bond donors (Lipinski definition) is 2. The van der Waals surface area contributed by atoms with Gasteiger partial charge in [-0.1, -0.05) is 18.2 Å². The van der Waals surface area contributed by atoms with Gasteiger partial charge in [-0.25, -0.2) is 0 Å². The van der Waals surface area contributed by atoms with Crippen molar-refractivity contribution in [3.63, 3.8) is 0 Å². The van der Waals surface area contributed by atoms with Gasteiger partial charge in [0.25, 0.3) is 0 Å². The summed E-state index contributed by atoms with van der Waals surface area (Å²) in [6, 6.07) is 8.15. The molecule has 0 bridgehead atoms. The maximum absolute atomic E-state index is 11.8. The van der Waals surface area contributed by atoms with E-state index in [0.717, 1.165) is 22.2 Å². The predicted octanol–water partition coefficient (Wildman–Crippen LogP) is 1.10. The van der Waals surface area contributed by atoms with E-state index >= 15 is 0 Å². The van der Waals surface area contributed by atoms with Crippen LogP contribution in [0.2, 0.25) is 0 Å². The van der Waals surface area contributed by atoms with E-state index in [2.05, 4.69) is 22.0 Å². The summed E-state index contributed by atoms with van der Waals surface area (Å²) in [5.74, 6) is 0.0277. The van der Waals surface area contributed by atoms with Gasteiger partial charge in [-0.05, 0) is 18.6 Å². The average molecular weight is 245 g/mol. The highest BCUT2D eigenvalue weighted by Crippen LogP contribution is 2.24. The van der Waals surface area contributed by atoms with Gasteiger partial charge in [-0.3, -0.25) is 4.79 Å². The SMILES string of the molecule is Cc1c(CC(=O)NCCN)c2ccccc2n1C. The van der Waals surface area contributed by atoms with Crippen LogP contribution in [0.15, 0.2) is 24.3 Å². The Balaban J connectivity index is 2.33. The molecule has 0 aliphatic carbocycles. The van der Waals surface area contributed by atoms with Gasteiger partial charge in [0.1, 0.15) is 0 Å². The summed E-state index contributed by atoms with van der Waals surface area (Å²) in [5.41, 5.74) is 8.78. The van der Waals surface area contributed by atoms with Gasteiger partial charge >= 0.3 is 0 Å². The number of amides is 1. The minimum absolute atomic E-state index is 0.0277. The Morgan fingerprint density at radius 3 is 2.83 bits per heavy atom. The second kappa shape index (κ2) is 5.23. The van der Waals surface area contributed by atoms with Crippen LogP contribution < -0.4 is 11.1 Å². The number of nitrogens with two attached hydrogens (primary N) is 1. The number of para-hydroxylation sites is 1. The van der Waals surface area contributed by atoms with Crippen LogP contribution in [-0.2, 0) is 18.3 Å². The third kappa shape index (κ3) is 2.24. The molecular weight excluding hydrogens is 226 g/mol. The largest absolute Gasteiger partial charge is 0.355 e. The molecule has 4 heteroatoms. The van der Waals surface area contributed by atoms with Crippen LogP contribution in [0.25, 0.3) is 10.9 Å². The molecule has 0 unspecified atom stereocenters. The minimum atomic E-state index is 0.0277. The summed E-state index contributed by atoms with van der Waals surface area (Å²) in [6.07, 6.45) is 0.410. The number of carbonyl (C=O) groups excluding carboxylic acids is 1. The molecule has 0 saturated carbocycles. The number of nitrogens with zero attached hydrogens (tertiary/aromatic N) is 1. The number of hydrogen-bond acceptors (Lipinski definition) is 2. The predicted molar refractivity (Wildman–Crippen MR) is 73.4 cm³/mol. The molecule has 0 fully saturated rings. The van der Waals surface area contributed by atoms with E-state index in [1.54, 1.807) is 0 Å². The highest BCUT2D eigenvalue weighted by atomic mass is 16.1. The normalized spacial score (nSPS) is 10.8. The van der Waals surface area contributed by atoms with Crippen molar-refractivity contribution in [3.05, 3.63) is 35.5 Å². The Labute approximate surface area is 107 Å². The van der Waals surface area contributed by atoms with Crippen LogP contribution in [0.5, 0.6) is 0 Å². The molecule has 1 heterocycles. The highest BCUT2D eigenvalue weighted by Gasteiger charge is 2.14. The Hall–Kier alpha value is -1.81. The first-order valence-corrected chi connectivity index (χ1v) is 6.14. The lowest BCUT2D eigenvalue weighted by Crippen LogP contribution is -2.30. The second-order valence-corrected chi connectivity index (χ2v) is 4.46. The van der Waals surface area contributed by atoms with Gasteiger partial charge in [0.15, 0.2) is 0 Å². The fraction of sp³-hybridized carbons (Fsp3) is 0.357. The number of rotatable bonds is 4. The fourth-order valence-electron chi connectivity index (χ4n) is 2.26. The first-order valence-electron chi connectivity index (χ1n) is 6.14. The van der Waals surface area contributed by atoms with Crippen LogP contribution in [0.1, 0.15) is 11.3 Å². The first-order chi connectivity index (χ1) is 8.65. The van der Waals surface area contributed by atoms with Crippen molar-refractivity contribution in [2.24, 2.45) is 12.8 Å². The van der Waals surface area contributed by atoms with E-state index in [1.165, 1.54) is 0 Å². The smallest absolute Gasteiger partial charge is 0.224 e. The molecule has 0 radical (unpaired) electrons. The molecule has 0 saturated heterocycles. The van der Waals surface area contributed by atoms with E-state index in [4.69, 9.17) is 5.73 Å². The quantitative estimate of drug-likeness (QED) is 0.847. The molecule has 3 N–H and O–H groups in total. The molecule has 1 amide bonds. The zero-order chi connectivity index (χ0) is 13.1. The summed E-state index contributed by atoms with van der Waals surface area (Å²) in [4.78, 5) is 11.8. The lowest BCUT2D eigenvalue weighted by atomic mass is 10.1. The molecule has 4 nitrogen and oxygen atoms in total. The van der Waals surface area contributed by atoms with Crippen molar-refractivity contribution in [1.82, 2.24) is 9.88 Å². The van der Waals surface area contributed by atoms with E-state index < -0.39 is 0 Å². The topological polar surface area (TPSA) is 60.1 Å². The number of aryl methyl sites for hydroxylation is 1. The molecule has 2 rings (SSSR count). The molecule has 0 aliphatic heterocycles. The van der Waals surface area contributed by atoms with E-state index in [1.807, 2.05) is 26.1 Å². The molecule has 0 aliphatic rings. The van der Waals surface area contributed by atoms with Crippen LogP contribution in [0.3, 0.4) is 0 Å². The van der Waals surface area contributed by atoms with Gasteiger partial charge in [-0.2, -0.15) is 0 Å².